The van der Waals surface area contributed by atoms with Gasteiger partial charge in [-0.2, -0.15) is 5.26 Å². The van der Waals surface area contributed by atoms with Crippen LogP contribution in [0.3, 0.4) is 0 Å². The van der Waals surface area contributed by atoms with Gasteiger partial charge < -0.3 is 26.6 Å². The highest BCUT2D eigenvalue weighted by Crippen LogP contribution is 2.27. The molecule has 0 saturated carbocycles. The maximum Gasteiger partial charge on any atom is 0.251 e. The molecule has 0 saturated heterocycles. The minimum Gasteiger partial charge on any atom is -0.355 e. The van der Waals surface area contributed by atoms with Crippen LogP contribution in [0.1, 0.15) is 77.4 Å². The van der Waals surface area contributed by atoms with E-state index in [1.54, 1.807) is 60.7 Å². The summed E-state index contributed by atoms with van der Waals surface area (Å²) in [5.41, 5.74) is 3.01. The lowest BCUT2D eigenvalue weighted by Gasteiger charge is -2.25. The van der Waals surface area contributed by atoms with E-state index in [4.69, 9.17) is 0 Å². The number of amides is 4. The highest BCUT2D eigenvalue weighted by Gasteiger charge is 2.27. The van der Waals surface area contributed by atoms with Gasteiger partial charge in [-0.3, -0.25) is 19.2 Å². The predicted molar refractivity (Wildman–Crippen MR) is 209 cm³/mol. The van der Waals surface area contributed by atoms with Crippen molar-refractivity contribution in [3.05, 3.63) is 116 Å². The van der Waals surface area contributed by atoms with Crippen molar-refractivity contribution in [2.45, 2.75) is 65.2 Å². The minimum absolute atomic E-state index is 0.114. The molecular weight excluding hydrogens is 740 g/mol. The number of carbonyl (C=O) groups is 4. The number of hydrogen-bond donors (Lipinski definition) is 5. The number of thiophene rings is 1. The number of benzene rings is 3. The Morgan fingerprint density at radius 2 is 1.46 bits per heavy atom. The molecule has 12 heteroatoms. The standard InChI is InChI=1S/C40H45BrN6O4S/c1-6-43-40(51)36(24(2)3)47-37(48)26(5)44-23-32(21-33-16-17-35(41)52-33)46-39(50)31-19-29(34-15-11-10-14-28(34)22-42)18-30(20-31)38(49)45-25(4)27-12-8-7-9-13-27/h7-20,24-26,32,36,44H,6,21,23H2,1-5H3,(H,43,51)(H,45,49)(H,46,50)(H,47,48)/t25-,26+,32+,36+/m1/s1. The number of nitrogens with one attached hydrogen (secondary N) is 5. The monoisotopic (exact) mass is 784 g/mol. The van der Waals surface area contributed by atoms with Crippen molar-refractivity contribution in [3.63, 3.8) is 0 Å². The van der Waals surface area contributed by atoms with Crippen LogP contribution in [0.2, 0.25) is 0 Å². The first-order valence-electron chi connectivity index (χ1n) is 17.3. The quantitative estimate of drug-likeness (QED) is 0.0922. The van der Waals surface area contributed by atoms with Crippen molar-refractivity contribution in [2.75, 3.05) is 13.1 Å². The molecule has 4 aromatic rings. The number of rotatable bonds is 16. The summed E-state index contributed by atoms with van der Waals surface area (Å²) in [6.07, 6.45) is 0.468. The molecule has 272 valence electrons. The zero-order chi connectivity index (χ0) is 37.8. The third-order valence-electron chi connectivity index (χ3n) is 8.54. The minimum atomic E-state index is -0.684. The molecule has 0 aliphatic carbocycles. The molecule has 1 heterocycles. The van der Waals surface area contributed by atoms with Crippen molar-refractivity contribution in [1.29, 1.82) is 5.26 Å². The maximum atomic E-state index is 14.1. The van der Waals surface area contributed by atoms with Gasteiger partial charge in [0.2, 0.25) is 11.8 Å². The van der Waals surface area contributed by atoms with Gasteiger partial charge in [-0.1, -0.05) is 62.4 Å². The molecule has 0 unspecified atom stereocenters. The summed E-state index contributed by atoms with van der Waals surface area (Å²) in [7, 11) is 0. The highest BCUT2D eigenvalue weighted by atomic mass is 79.9. The first kappa shape index (κ1) is 39.9. The van der Waals surface area contributed by atoms with E-state index in [9.17, 15) is 24.4 Å². The Hall–Kier alpha value is -4.83. The van der Waals surface area contributed by atoms with Gasteiger partial charge in [0, 0.05) is 41.6 Å². The average Bonchev–Trinajstić information content (AvgIpc) is 3.56. The summed E-state index contributed by atoms with van der Waals surface area (Å²) in [5.74, 6) is -1.48. The third kappa shape index (κ3) is 11.1. The Kier molecular flexibility index (Phi) is 14.7. The van der Waals surface area contributed by atoms with E-state index in [1.807, 2.05) is 70.2 Å². The lowest BCUT2D eigenvalue weighted by Crippen LogP contribution is -2.55. The molecule has 0 radical (unpaired) electrons. The molecule has 1 aromatic heterocycles. The van der Waals surface area contributed by atoms with E-state index in [1.165, 1.54) is 0 Å². The Morgan fingerprint density at radius 3 is 2.08 bits per heavy atom. The summed E-state index contributed by atoms with van der Waals surface area (Å²) >= 11 is 5.06. The highest BCUT2D eigenvalue weighted by molar-refractivity contribution is 9.11. The number of nitriles is 1. The van der Waals surface area contributed by atoms with Crippen molar-refractivity contribution >= 4 is 50.9 Å². The van der Waals surface area contributed by atoms with Crippen molar-refractivity contribution in [3.8, 4) is 17.2 Å². The SMILES string of the molecule is CCNC(=O)[C@@H](NC(=O)[C@H](C)NC[C@H](Cc1ccc(Br)s1)NC(=O)c1cc(C(=O)N[C@H](C)c2ccccc2)cc(-c2ccccc2C#N)c1)C(C)C. The van der Waals surface area contributed by atoms with Gasteiger partial charge in [0.05, 0.1) is 27.5 Å². The number of likely N-dealkylation sites (N-methyl/N-ethyl adjacent to an activating group) is 1. The number of hydrogen-bond acceptors (Lipinski definition) is 7. The van der Waals surface area contributed by atoms with Gasteiger partial charge >= 0.3 is 0 Å². The second-order valence-corrected chi connectivity index (χ2v) is 15.4. The van der Waals surface area contributed by atoms with Crippen LogP contribution in [-0.2, 0) is 16.0 Å². The maximum absolute atomic E-state index is 14.1. The molecule has 4 atom stereocenters. The summed E-state index contributed by atoms with van der Waals surface area (Å²) in [4.78, 5) is 54.5. The Bertz CT molecular complexity index is 1910. The van der Waals surface area contributed by atoms with E-state index in [-0.39, 0.29) is 47.4 Å². The van der Waals surface area contributed by atoms with Crippen molar-refractivity contribution in [2.24, 2.45) is 5.92 Å². The van der Waals surface area contributed by atoms with Crippen LogP contribution in [0, 0.1) is 17.2 Å². The fourth-order valence-electron chi connectivity index (χ4n) is 5.64. The molecular formula is C40H45BrN6O4S. The van der Waals surface area contributed by atoms with Crippen LogP contribution < -0.4 is 26.6 Å². The topological polar surface area (TPSA) is 152 Å². The van der Waals surface area contributed by atoms with Crippen LogP contribution >= 0.6 is 27.3 Å². The van der Waals surface area contributed by atoms with Crippen LogP contribution in [0.5, 0.6) is 0 Å². The largest absolute Gasteiger partial charge is 0.355 e. The summed E-state index contributed by atoms with van der Waals surface area (Å²) in [6, 6.07) is 25.6. The van der Waals surface area contributed by atoms with Crippen molar-refractivity contribution < 1.29 is 19.2 Å². The van der Waals surface area contributed by atoms with E-state index < -0.39 is 24.0 Å². The Morgan fingerprint density at radius 1 is 0.808 bits per heavy atom. The smallest absolute Gasteiger partial charge is 0.251 e. The van der Waals surface area contributed by atoms with Gasteiger partial charge in [-0.15, -0.1) is 11.3 Å². The Balaban J connectivity index is 1.60. The molecule has 4 rings (SSSR count). The van der Waals surface area contributed by atoms with Crippen LogP contribution in [0.15, 0.2) is 88.7 Å². The number of carbonyl (C=O) groups excluding carboxylic acids is 4. The van der Waals surface area contributed by atoms with E-state index >= 15 is 0 Å². The fourth-order valence-corrected chi connectivity index (χ4v) is 7.20. The summed E-state index contributed by atoms with van der Waals surface area (Å²) in [5, 5.41) is 24.8. The molecule has 0 aliphatic heterocycles. The summed E-state index contributed by atoms with van der Waals surface area (Å²) < 4.78 is 0.947. The number of nitrogens with zero attached hydrogens (tertiary/aromatic N) is 1. The number of halogens is 1. The second kappa shape index (κ2) is 19.1. The fraction of sp³-hybridized carbons (Fsp3) is 0.325. The van der Waals surface area contributed by atoms with Crippen LogP contribution in [-0.4, -0.2) is 54.8 Å². The molecule has 5 N–H and O–H groups in total. The third-order valence-corrected chi connectivity index (χ3v) is 10.2. The van der Waals surface area contributed by atoms with Crippen LogP contribution in [0.4, 0.5) is 0 Å². The molecule has 0 spiro atoms. The zero-order valence-electron chi connectivity index (χ0n) is 30.0. The molecule has 0 fully saturated rings. The molecule has 52 heavy (non-hydrogen) atoms. The van der Waals surface area contributed by atoms with Crippen molar-refractivity contribution in [1.82, 2.24) is 26.6 Å². The van der Waals surface area contributed by atoms with Crippen LogP contribution in [0.25, 0.3) is 11.1 Å². The van der Waals surface area contributed by atoms with E-state index in [0.29, 0.717) is 29.7 Å². The molecule has 3 aromatic carbocycles. The van der Waals surface area contributed by atoms with E-state index in [0.717, 1.165) is 14.2 Å². The van der Waals surface area contributed by atoms with Gasteiger partial charge in [0.25, 0.3) is 11.8 Å². The lowest BCUT2D eigenvalue weighted by atomic mass is 9.95. The zero-order valence-corrected chi connectivity index (χ0v) is 32.4. The van der Waals surface area contributed by atoms with Gasteiger partial charge in [0.1, 0.15) is 6.04 Å². The summed E-state index contributed by atoms with van der Waals surface area (Å²) in [6.45, 7) is 9.86. The Labute approximate surface area is 317 Å². The van der Waals surface area contributed by atoms with E-state index in [2.05, 4.69) is 48.6 Å². The molecule has 10 nitrogen and oxygen atoms in total. The average molecular weight is 786 g/mol. The predicted octanol–water partition coefficient (Wildman–Crippen LogP) is 6.14. The normalized spacial score (nSPS) is 13.3. The first-order chi connectivity index (χ1) is 24.9. The van der Waals surface area contributed by atoms with Gasteiger partial charge in [0.15, 0.2) is 0 Å². The second-order valence-electron chi connectivity index (χ2n) is 12.9. The van der Waals surface area contributed by atoms with Gasteiger partial charge in [-0.25, -0.2) is 0 Å². The molecule has 0 aliphatic rings. The first-order valence-corrected chi connectivity index (χ1v) is 18.9. The van der Waals surface area contributed by atoms with Gasteiger partial charge in [-0.05, 0) is 95.7 Å². The lowest BCUT2D eigenvalue weighted by molar-refractivity contribution is -0.130. The molecule has 0 bridgehead atoms. The molecule has 4 amide bonds.